The van der Waals surface area contributed by atoms with Crippen LogP contribution in [-0.4, -0.2) is 56.1 Å². The van der Waals surface area contributed by atoms with Crippen molar-refractivity contribution < 1.29 is 27.1 Å². The molecule has 1 unspecified atom stereocenters. The van der Waals surface area contributed by atoms with Gasteiger partial charge in [0, 0.05) is 25.0 Å². The van der Waals surface area contributed by atoms with Crippen molar-refractivity contribution in [3.63, 3.8) is 0 Å². The van der Waals surface area contributed by atoms with Crippen LogP contribution in [0.1, 0.15) is 59.4 Å². The molecule has 0 saturated carbocycles. The molecule has 0 aliphatic rings. The fourth-order valence-corrected chi connectivity index (χ4v) is 5.05. The molecule has 1 atom stereocenters. The van der Waals surface area contributed by atoms with E-state index in [0.29, 0.717) is 30.0 Å². The normalized spacial score (nSPS) is 12.5. The van der Waals surface area contributed by atoms with Crippen LogP contribution in [0.4, 0.5) is 10.1 Å². The van der Waals surface area contributed by atoms with Gasteiger partial charge < -0.3 is 15.0 Å². The van der Waals surface area contributed by atoms with Crippen molar-refractivity contribution in [2.45, 2.75) is 72.0 Å². The summed E-state index contributed by atoms with van der Waals surface area (Å²) in [5.74, 6) is -0.525. The van der Waals surface area contributed by atoms with Gasteiger partial charge in [-0.2, -0.15) is 0 Å². The fourth-order valence-electron chi connectivity index (χ4n) is 4.08. The first-order valence-corrected chi connectivity index (χ1v) is 14.7. The summed E-state index contributed by atoms with van der Waals surface area (Å²) in [6.45, 7) is 9.79. The third-order valence-electron chi connectivity index (χ3n) is 5.74. The lowest BCUT2D eigenvalue weighted by atomic mass is 10.0. The van der Waals surface area contributed by atoms with Gasteiger partial charge in [-0.15, -0.1) is 0 Å². The monoisotopic (exact) mass is 549 g/mol. The minimum Gasteiger partial charge on any atom is -0.492 e. The van der Waals surface area contributed by atoms with Gasteiger partial charge in [0.05, 0.1) is 18.6 Å². The van der Waals surface area contributed by atoms with E-state index in [1.807, 2.05) is 34.6 Å². The second-order valence-electron chi connectivity index (χ2n) is 10.2. The number of carbonyl (C=O) groups excluding carboxylic acids is 2. The minimum absolute atomic E-state index is 0.0172. The zero-order valence-electron chi connectivity index (χ0n) is 23.2. The van der Waals surface area contributed by atoms with Crippen LogP contribution in [0.3, 0.4) is 0 Å². The third kappa shape index (κ3) is 9.31. The number of ether oxygens (including phenoxy) is 1. The molecule has 0 radical (unpaired) electrons. The van der Waals surface area contributed by atoms with Gasteiger partial charge in [0.2, 0.25) is 21.8 Å². The predicted molar refractivity (Wildman–Crippen MR) is 148 cm³/mol. The van der Waals surface area contributed by atoms with E-state index >= 15 is 0 Å². The zero-order chi connectivity index (χ0) is 28.5. The smallest absolute Gasteiger partial charge is 0.243 e. The number of sulfonamides is 1. The quantitative estimate of drug-likeness (QED) is 0.397. The Hall–Kier alpha value is -3.14. The van der Waals surface area contributed by atoms with Crippen molar-refractivity contribution in [3.8, 4) is 5.75 Å². The second kappa shape index (κ2) is 13.6. The molecule has 2 aromatic rings. The highest BCUT2D eigenvalue weighted by Gasteiger charge is 2.31. The van der Waals surface area contributed by atoms with Gasteiger partial charge in [0.25, 0.3) is 0 Å². The van der Waals surface area contributed by atoms with Crippen molar-refractivity contribution in [2.75, 3.05) is 23.7 Å². The van der Waals surface area contributed by atoms with Crippen LogP contribution < -0.4 is 14.4 Å². The molecule has 2 aromatic carbocycles. The van der Waals surface area contributed by atoms with E-state index in [4.69, 9.17) is 4.74 Å². The molecule has 210 valence electrons. The molecular weight excluding hydrogens is 509 g/mol. The van der Waals surface area contributed by atoms with E-state index in [2.05, 4.69) is 5.32 Å². The van der Waals surface area contributed by atoms with Gasteiger partial charge in [-0.05, 0) is 70.4 Å². The van der Waals surface area contributed by atoms with E-state index in [1.165, 1.54) is 21.3 Å². The summed E-state index contributed by atoms with van der Waals surface area (Å²) >= 11 is 0. The summed E-state index contributed by atoms with van der Waals surface area (Å²) < 4.78 is 45.6. The molecule has 38 heavy (non-hydrogen) atoms. The maximum atomic E-state index is 13.5. The highest BCUT2D eigenvalue weighted by Crippen LogP contribution is 2.30. The molecule has 10 heteroatoms. The molecule has 2 rings (SSSR count). The molecule has 0 spiro atoms. The number of para-hydroxylation sites is 2. The summed E-state index contributed by atoms with van der Waals surface area (Å²) in [5.41, 5.74) is 0.604. The Morgan fingerprint density at radius 3 is 2.24 bits per heavy atom. The van der Waals surface area contributed by atoms with E-state index < -0.39 is 27.4 Å². The molecule has 1 N–H and O–H groups in total. The number of nitrogens with zero attached hydrogens (tertiary/aromatic N) is 2. The topological polar surface area (TPSA) is 96.0 Å². The number of anilines is 1. The van der Waals surface area contributed by atoms with Gasteiger partial charge in [0.15, 0.2) is 0 Å². The predicted octanol–water partition coefficient (Wildman–Crippen LogP) is 4.49. The minimum atomic E-state index is -3.66. The van der Waals surface area contributed by atoms with Gasteiger partial charge in [-0.3, -0.25) is 13.9 Å². The number of amides is 2. The average Bonchev–Trinajstić information content (AvgIpc) is 2.82. The summed E-state index contributed by atoms with van der Waals surface area (Å²) in [6.07, 6.45) is 1.74. The number of rotatable bonds is 13. The number of benzene rings is 2. The second-order valence-corrected chi connectivity index (χ2v) is 12.1. The van der Waals surface area contributed by atoms with Crippen molar-refractivity contribution in [1.82, 2.24) is 10.2 Å². The third-order valence-corrected chi connectivity index (χ3v) is 6.92. The summed E-state index contributed by atoms with van der Waals surface area (Å²) in [7, 11) is -3.66. The lowest BCUT2D eigenvalue weighted by Crippen LogP contribution is -2.53. The van der Waals surface area contributed by atoms with Crippen molar-refractivity contribution in [3.05, 3.63) is 59.9 Å². The molecule has 0 bridgehead atoms. The zero-order valence-corrected chi connectivity index (χ0v) is 24.0. The van der Waals surface area contributed by atoms with E-state index in [1.54, 1.807) is 36.4 Å². The van der Waals surface area contributed by atoms with Gasteiger partial charge in [-0.1, -0.05) is 31.2 Å². The van der Waals surface area contributed by atoms with E-state index in [0.717, 1.165) is 6.26 Å². The van der Waals surface area contributed by atoms with Crippen LogP contribution >= 0.6 is 0 Å². The molecule has 0 aliphatic heterocycles. The van der Waals surface area contributed by atoms with Crippen molar-refractivity contribution >= 4 is 27.5 Å². The molecule has 0 saturated heterocycles. The Kier molecular flexibility index (Phi) is 11.1. The van der Waals surface area contributed by atoms with Gasteiger partial charge in [-0.25, -0.2) is 12.8 Å². The maximum absolute atomic E-state index is 13.5. The van der Waals surface area contributed by atoms with E-state index in [9.17, 15) is 22.4 Å². The Bertz CT molecular complexity index is 1180. The van der Waals surface area contributed by atoms with Crippen LogP contribution in [0, 0.1) is 5.82 Å². The number of hydrogen-bond donors (Lipinski definition) is 1. The Morgan fingerprint density at radius 2 is 1.68 bits per heavy atom. The first-order valence-electron chi connectivity index (χ1n) is 12.8. The Balaban J connectivity index is 2.27. The van der Waals surface area contributed by atoms with Crippen molar-refractivity contribution in [2.24, 2.45) is 0 Å². The van der Waals surface area contributed by atoms with Crippen molar-refractivity contribution in [1.29, 1.82) is 0 Å². The number of nitrogens with one attached hydrogen (secondary N) is 1. The fraction of sp³-hybridized carbons (Fsp3) is 0.500. The van der Waals surface area contributed by atoms with Gasteiger partial charge in [0.1, 0.15) is 17.6 Å². The Labute approximate surface area is 226 Å². The Morgan fingerprint density at radius 1 is 1.05 bits per heavy atom. The molecule has 8 nitrogen and oxygen atoms in total. The lowest BCUT2D eigenvalue weighted by Gasteiger charge is -2.33. The number of carbonyl (C=O) groups is 2. The first-order chi connectivity index (χ1) is 17.8. The molecule has 0 fully saturated rings. The van der Waals surface area contributed by atoms with Crippen LogP contribution in [0.25, 0.3) is 0 Å². The number of halogens is 1. The molecular formula is C28H40FN3O5S. The molecule has 0 aliphatic carbocycles. The lowest BCUT2D eigenvalue weighted by molar-refractivity contribution is -0.142. The maximum Gasteiger partial charge on any atom is 0.243 e. The summed E-state index contributed by atoms with van der Waals surface area (Å²) in [5, 5.41) is 2.94. The highest BCUT2D eigenvalue weighted by atomic mass is 32.2. The summed E-state index contributed by atoms with van der Waals surface area (Å²) in [4.78, 5) is 28.1. The van der Waals surface area contributed by atoms with Crippen LogP contribution in [0.15, 0.2) is 48.5 Å². The largest absolute Gasteiger partial charge is 0.492 e. The molecule has 0 heterocycles. The average molecular weight is 550 g/mol. The van der Waals surface area contributed by atoms with Crippen LogP contribution in [-0.2, 0) is 26.2 Å². The summed E-state index contributed by atoms with van der Waals surface area (Å²) in [6, 6.07) is 11.9. The molecule has 0 aromatic heterocycles. The highest BCUT2D eigenvalue weighted by molar-refractivity contribution is 7.92. The van der Waals surface area contributed by atoms with E-state index in [-0.39, 0.29) is 37.7 Å². The van der Waals surface area contributed by atoms with Crippen LogP contribution in [0.5, 0.6) is 5.75 Å². The first kappa shape index (κ1) is 31.1. The molecule has 2 amide bonds. The number of hydrogen-bond acceptors (Lipinski definition) is 5. The van der Waals surface area contributed by atoms with Gasteiger partial charge >= 0.3 is 0 Å². The van der Waals surface area contributed by atoms with Crippen LogP contribution in [0.2, 0.25) is 0 Å². The standard InChI is InChI=1S/C28H40FN3O5S/c1-7-23(27(34)30-28(3,4)5)31(20-21-15-17-22(29)18-16-21)26(33)14-11-19-32(38(6,35)36)24-12-9-10-13-25(24)37-8-2/h9-10,12-13,15-18,23H,7-8,11,14,19-20H2,1-6H3,(H,30,34). The SMILES string of the molecule is CCOc1ccccc1N(CCCC(=O)N(Cc1ccc(F)cc1)C(CC)C(=O)NC(C)(C)C)S(C)(=O)=O.